The molecular formula is C11H16ClSb. The first kappa shape index (κ1) is 11.4. The fraction of sp³-hybridized carbons (Fsp3) is 0.455. The van der Waals surface area contributed by atoms with Gasteiger partial charge in [-0.25, -0.2) is 0 Å². The van der Waals surface area contributed by atoms with Crippen LogP contribution in [-0.2, 0) is 6.42 Å². The van der Waals surface area contributed by atoms with Crippen LogP contribution in [0.1, 0.15) is 12.5 Å². The van der Waals surface area contributed by atoms with E-state index in [1.54, 1.807) is 0 Å². The van der Waals surface area contributed by atoms with Gasteiger partial charge in [0.25, 0.3) is 0 Å². The van der Waals surface area contributed by atoms with Gasteiger partial charge >= 0.3 is 93.6 Å². The summed E-state index contributed by atoms with van der Waals surface area (Å²) in [6, 6.07) is 8.25. The Bertz CT molecular complexity index is 253. The van der Waals surface area contributed by atoms with Gasteiger partial charge in [-0.2, -0.15) is 0 Å². The molecule has 0 fully saturated rings. The van der Waals surface area contributed by atoms with Crippen LogP contribution < -0.4 is 0 Å². The van der Waals surface area contributed by atoms with E-state index in [0.29, 0.717) is 0 Å². The van der Waals surface area contributed by atoms with Gasteiger partial charge in [-0.1, -0.05) is 0 Å². The molecule has 0 amide bonds. The molecule has 0 spiro atoms. The first-order chi connectivity index (χ1) is 6.09. The van der Waals surface area contributed by atoms with Crippen molar-refractivity contribution in [3.63, 3.8) is 0 Å². The van der Waals surface area contributed by atoms with Crippen LogP contribution in [0.3, 0.4) is 0 Å². The zero-order chi connectivity index (χ0) is 9.84. The summed E-state index contributed by atoms with van der Waals surface area (Å²) in [6.07, 6.45) is 1.23. The molecule has 1 rings (SSSR count). The Morgan fingerprint density at radius 3 is 2.23 bits per heavy atom. The summed E-state index contributed by atoms with van der Waals surface area (Å²) in [7, 11) is 0. The minimum atomic E-state index is -0.872. The summed E-state index contributed by atoms with van der Waals surface area (Å²) < 4.78 is 0.921. The van der Waals surface area contributed by atoms with E-state index in [1.165, 1.54) is 12.0 Å². The fourth-order valence-electron chi connectivity index (χ4n) is 1.14. The average molecular weight is 305 g/mol. The topological polar surface area (TPSA) is 0 Å². The molecule has 0 N–H and O–H groups in total. The van der Waals surface area contributed by atoms with Crippen LogP contribution in [-0.4, -0.2) is 20.2 Å². The summed E-state index contributed by atoms with van der Waals surface area (Å²) in [6.45, 7) is 2.37. The van der Waals surface area contributed by atoms with Crippen LogP contribution in [0.15, 0.2) is 24.3 Å². The Hall–Kier alpha value is 0.328. The first-order valence-electron chi connectivity index (χ1n) is 4.50. The predicted octanol–water partition coefficient (Wildman–Crippen LogP) is 4.03. The van der Waals surface area contributed by atoms with Gasteiger partial charge in [-0.05, 0) is 0 Å². The van der Waals surface area contributed by atoms with Crippen LogP contribution in [0.25, 0.3) is 0 Å². The average Bonchev–Trinajstić information content (AvgIpc) is 2.08. The maximum atomic E-state index is 5.82. The molecule has 2 heteroatoms. The molecule has 72 valence electrons. The molecule has 0 aliphatic rings. The van der Waals surface area contributed by atoms with E-state index < -0.39 is 20.2 Å². The van der Waals surface area contributed by atoms with E-state index in [2.05, 4.69) is 28.8 Å². The molecule has 1 atom stereocenters. The molecule has 0 bridgehead atoms. The van der Waals surface area contributed by atoms with Crippen molar-refractivity contribution in [1.82, 2.24) is 0 Å². The number of rotatable bonds is 3. The van der Waals surface area contributed by atoms with E-state index in [0.717, 1.165) is 8.89 Å². The molecule has 0 aliphatic carbocycles. The van der Waals surface area contributed by atoms with Crippen molar-refractivity contribution in [3.8, 4) is 0 Å². The number of hydrogen-bond donors (Lipinski definition) is 0. The quantitative estimate of drug-likeness (QED) is 0.740. The zero-order valence-corrected chi connectivity index (χ0v) is 11.7. The molecule has 1 unspecified atom stereocenters. The van der Waals surface area contributed by atoms with E-state index in [1.807, 2.05) is 12.1 Å². The third-order valence-electron chi connectivity index (χ3n) is 2.33. The summed E-state index contributed by atoms with van der Waals surface area (Å²) in [5.41, 5.74) is 1.43. The van der Waals surface area contributed by atoms with Gasteiger partial charge < -0.3 is 0 Å². The number of hydrogen-bond acceptors (Lipinski definition) is 0. The van der Waals surface area contributed by atoms with Crippen molar-refractivity contribution in [2.24, 2.45) is 0 Å². The zero-order valence-electron chi connectivity index (χ0n) is 8.42. The molecule has 0 saturated carbocycles. The van der Waals surface area contributed by atoms with Gasteiger partial charge in [0.15, 0.2) is 0 Å². The Labute approximate surface area is 93.3 Å². The molecule has 0 aromatic heterocycles. The van der Waals surface area contributed by atoms with E-state index in [4.69, 9.17) is 11.6 Å². The Kier molecular flexibility index (Phi) is 4.62. The fourth-order valence-corrected chi connectivity index (χ4v) is 2.91. The third kappa shape index (κ3) is 3.91. The second-order valence-electron chi connectivity index (χ2n) is 3.64. The van der Waals surface area contributed by atoms with Gasteiger partial charge in [0.2, 0.25) is 0 Å². The van der Waals surface area contributed by atoms with Gasteiger partial charge in [-0.3, -0.25) is 0 Å². The second-order valence-corrected chi connectivity index (χ2v) is 12.1. The Morgan fingerprint density at radius 2 is 1.77 bits per heavy atom. The van der Waals surface area contributed by atoms with Crippen molar-refractivity contribution in [2.45, 2.75) is 26.9 Å². The molecule has 13 heavy (non-hydrogen) atoms. The Balaban J connectivity index is 2.59. The van der Waals surface area contributed by atoms with E-state index in [9.17, 15) is 0 Å². The van der Waals surface area contributed by atoms with Crippen LogP contribution >= 0.6 is 11.6 Å². The molecular weight excluding hydrogens is 289 g/mol. The van der Waals surface area contributed by atoms with Crippen LogP contribution in [0.2, 0.25) is 18.6 Å². The van der Waals surface area contributed by atoms with Crippen LogP contribution in [0, 0.1) is 0 Å². The van der Waals surface area contributed by atoms with Gasteiger partial charge in [0.1, 0.15) is 0 Å². The van der Waals surface area contributed by atoms with Crippen LogP contribution in [0.5, 0.6) is 0 Å². The summed E-state index contributed by atoms with van der Waals surface area (Å²) in [5.74, 6) is 0. The predicted molar refractivity (Wildman–Crippen MR) is 62.1 cm³/mol. The Morgan fingerprint density at radius 1 is 1.23 bits per heavy atom. The molecule has 1 aromatic carbocycles. The van der Waals surface area contributed by atoms with Crippen molar-refractivity contribution >= 4 is 31.8 Å². The second kappa shape index (κ2) is 5.27. The van der Waals surface area contributed by atoms with E-state index in [-0.39, 0.29) is 0 Å². The minimum absolute atomic E-state index is 0.835. The van der Waals surface area contributed by atoms with Gasteiger partial charge in [0.05, 0.1) is 0 Å². The molecule has 0 nitrogen and oxygen atoms in total. The molecule has 0 radical (unpaired) electrons. The maximum absolute atomic E-state index is 5.82. The van der Waals surface area contributed by atoms with Crippen molar-refractivity contribution in [2.75, 3.05) is 0 Å². The van der Waals surface area contributed by atoms with Gasteiger partial charge in [0, 0.05) is 0 Å². The van der Waals surface area contributed by atoms with Crippen LogP contribution in [0.4, 0.5) is 0 Å². The molecule has 0 saturated heterocycles. The molecule has 0 aliphatic heterocycles. The van der Waals surface area contributed by atoms with E-state index >= 15 is 0 Å². The molecule has 0 heterocycles. The van der Waals surface area contributed by atoms with Crippen molar-refractivity contribution < 1.29 is 0 Å². The van der Waals surface area contributed by atoms with Gasteiger partial charge in [-0.15, -0.1) is 0 Å². The number of benzene rings is 1. The monoisotopic (exact) mass is 304 g/mol. The first-order valence-corrected chi connectivity index (χ1v) is 11.5. The van der Waals surface area contributed by atoms with Crippen molar-refractivity contribution in [3.05, 3.63) is 34.9 Å². The standard InChI is InChI=1S/C9H10Cl.2CH3.Sb/c1-2-3-8-4-6-9(10)7-5-8;;;/h2,4-7H,3H2,1H3;2*1H3;. The SMILES string of the molecule is C[CH](Cc1ccc(Cl)cc1)[Sb]([CH3])[CH3]. The summed E-state index contributed by atoms with van der Waals surface area (Å²) in [5, 5.41) is 0.835. The van der Waals surface area contributed by atoms with Crippen molar-refractivity contribution in [1.29, 1.82) is 0 Å². The summed E-state index contributed by atoms with van der Waals surface area (Å²) >= 11 is 4.95. The summed E-state index contributed by atoms with van der Waals surface area (Å²) in [4.78, 5) is 4.90. The third-order valence-corrected chi connectivity index (χ3v) is 8.13. The molecule has 1 aromatic rings. The number of halogens is 1. The normalized spacial score (nSPS) is 13.3.